The van der Waals surface area contributed by atoms with Crippen molar-refractivity contribution in [2.75, 3.05) is 13.2 Å². The predicted molar refractivity (Wildman–Crippen MR) is 54.8 cm³/mol. The largest absolute Gasteiger partial charge is 2.00 e. The molecule has 10 nitrogen and oxygen atoms in total. The van der Waals surface area contributed by atoms with Crippen molar-refractivity contribution in [3.63, 3.8) is 0 Å². The molecular weight excluding hydrogens is 306 g/mol. The SMILES string of the molecule is CCOP(=O)([O-])ON.CCOP(=O)([O-])ON.[Ca+2]. The van der Waals surface area contributed by atoms with E-state index in [0.29, 0.717) is 0 Å². The molecule has 4 N–H and O–H groups in total. The smallest absolute Gasteiger partial charge is 0.755 e. The molecule has 0 aliphatic rings. The molecule has 2 unspecified atom stereocenters. The van der Waals surface area contributed by atoms with Gasteiger partial charge in [0.05, 0.1) is 13.2 Å². The van der Waals surface area contributed by atoms with Crippen LogP contribution in [0.2, 0.25) is 0 Å². The summed E-state index contributed by atoms with van der Waals surface area (Å²) in [6.07, 6.45) is 0. The average molecular weight is 320 g/mol. The van der Waals surface area contributed by atoms with Crippen LogP contribution in [0.1, 0.15) is 13.8 Å². The second kappa shape index (κ2) is 12.4. The van der Waals surface area contributed by atoms with Gasteiger partial charge in [-0.15, -0.1) is 0 Å². The monoisotopic (exact) mass is 320 g/mol. The Morgan fingerprint density at radius 1 is 0.941 bits per heavy atom. The van der Waals surface area contributed by atoms with E-state index in [4.69, 9.17) is 0 Å². The molecule has 0 aromatic carbocycles. The van der Waals surface area contributed by atoms with Gasteiger partial charge in [-0.25, -0.2) is 21.0 Å². The van der Waals surface area contributed by atoms with Gasteiger partial charge < -0.3 is 18.8 Å². The Hall–Kier alpha value is 1.40. The first-order valence-corrected chi connectivity index (χ1v) is 6.84. The van der Waals surface area contributed by atoms with Gasteiger partial charge in [-0.2, -0.15) is 0 Å². The van der Waals surface area contributed by atoms with Crippen molar-refractivity contribution >= 4 is 53.4 Å². The predicted octanol–water partition coefficient (Wildman–Crippen LogP) is -1.62. The number of rotatable bonds is 6. The summed E-state index contributed by atoms with van der Waals surface area (Å²) in [6.45, 7) is 3.11. The van der Waals surface area contributed by atoms with Gasteiger partial charge in [0.1, 0.15) is 0 Å². The van der Waals surface area contributed by atoms with E-state index in [2.05, 4.69) is 30.1 Å². The molecule has 0 aliphatic heterocycles. The molecular formula is C4H14CaN2O8P2. The van der Waals surface area contributed by atoms with Crippen LogP contribution in [0, 0.1) is 0 Å². The Kier molecular flexibility index (Phi) is 17.2. The van der Waals surface area contributed by atoms with Crippen molar-refractivity contribution in [1.82, 2.24) is 0 Å². The molecule has 0 aromatic rings. The van der Waals surface area contributed by atoms with Crippen molar-refractivity contribution in [2.24, 2.45) is 11.8 Å². The third kappa shape index (κ3) is 17.4. The fourth-order valence-corrected chi connectivity index (χ4v) is 1.13. The molecule has 0 heterocycles. The Morgan fingerprint density at radius 2 is 1.18 bits per heavy atom. The topological polar surface area (TPSA) is 169 Å². The number of hydrogen-bond donors (Lipinski definition) is 2. The van der Waals surface area contributed by atoms with Crippen LogP contribution >= 0.6 is 15.6 Å². The zero-order chi connectivity index (χ0) is 13.2. The second-order valence-electron chi connectivity index (χ2n) is 1.94. The van der Waals surface area contributed by atoms with Gasteiger partial charge in [0, 0.05) is 0 Å². The molecule has 0 amide bonds. The van der Waals surface area contributed by atoms with Crippen molar-refractivity contribution in [1.29, 1.82) is 0 Å². The first kappa shape index (κ1) is 23.5. The van der Waals surface area contributed by atoms with Crippen LogP contribution in [0.4, 0.5) is 0 Å². The molecule has 0 rings (SSSR count). The molecule has 0 aromatic heterocycles. The van der Waals surface area contributed by atoms with Crippen LogP contribution in [0.15, 0.2) is 0 Å². The van der Waals surface area contributed by atoms with E-state index >= 15 is 0 Å². The van der Waals surface area contributed by atoms with E-state index < -0.39 is 15.6 Å². The number of hydrogen-bond acceptors (Lipinski definition) is 10. The van der Waals surface area contributed by atoms with E-state index in [9.17, 15) is 18.9 Å². The van der Waals surface area contributed by atoms with Gasteiger partial charge in [0.2, 0.25) is 0 Å². The van der Waals surface area contributed by atoms with Crippen LogP contribution in [0.25, 0.3) is 0 Å². The first-order chi connectivity index (χ1) is 7.24. The molecule has 0 saturated carbocycles. The minimum Gasteiger partial charge on any atom is -0.755 e. The molecule has 13 heteroatoms. The summed E-state index contributed by atoms with van der Waals surface area (Å²) in [6, 6.07) is 0. The van der Waals surface area contributed by atoms with Crippen LogP contribution in [0.3, 0.4) is 0 Å². The normalized spacial score (nSPS) is 16.8. The van der Waals surface area contributed by atoms with Gasteiger partial charge in [0.25, 0.3) is 15.6 Å². The van der Waals surface area contributed by atoms with E-state index in [1.54, 1.807) is 0 Å². The standard InChI is InChI=1S/2C2H8NO4P.Ca/c2*1-2-6-8(4,5)7-3;/h2*2-3H2,1H3,(H,4,5);/q;;+2/p-2. The molecule has 2 atom stereocenters. The quantitative estimate of drug-likeness (QED) is 0.329. The fourth-order valence-electron chi connectivity index (χ4n) is 0.377. The maximum absolute atomic E-state index is 10.1. The fraction of sp³-hybridized carbons (Fsp3) is 1.00. The minimum atomic E-state index is -4.15. The second-order valence-corrected chi connectivity index (χ2v) is 4.67. The average Bonchev–Trinajstić information content (AvgIpc) is 2.19. The molecule has 100 valence electrons. The van der Waals surface area contributed by atoms with Gasteiger partial charge in [-0.3, -0.25) is 9.13 Å². The summed E-state index contributed by atoms with van der Waals surface area (Å²) in [5.74, 6) is 8.58. The van der Waals surface area contributed by atoms with E-state index in [-0.39, 0.29) is 51.0 Å². The number of phosphoric acid groups is 2. The van der Waals surface area contributed by atoms with Gasteiger partial charge in [-0.05, 0) is 13.8 Å². The minimum absolute atomic E-state index is 0. The third-order valence-corrected chi connectivity index (χ3v) is 2.50. The Balaban J connectivity index is -0.000000218. The van der Waals surface area contributed by atoms with Crippen LogP contribution < -0.4 is 21.6 Å². The Bertz CT molecular complexity index is 240. The van der Waals surface area contributed by atoms with E-state index in [1.807, 2.05) is 0 Å². The zero-order valence-electron chi connectivity index (χ0n) is 9.44. The van der Waals surface area contributed by atoms with Crippen LogP contribution in [-0.2, 0) is 27.4 Å². The van der Waals surface area contributed by atoms with E-state index in [1.165, 1.54) is 13.8 Å². The van der Waals surface area contributed by atoms with Crippen molar-refractivity contribution in [3.8, 4) is 0 Å². The molecule has 0 saturated heterocycles. The van der Waals surface area contributed by atoms with E-state index in [0.717, 1.165) is 0 Å². The molecule has 0 spiro atoms. The molecule has 0 fully saturated rings. The third-order valence-electron chi connectivity index (χ3n) is 0.833. The zero-order valence-corrected chi connectivity index (χ0v) is 13.4. The Labute approximate surface area is 129 Å². The summed E-state index contributed by atoms with van der Waals surface area (Å²) in [7, 11) is -8.29. The number of nitrogens with two attached hydrogens (primary N) is 2. The molecule has 0 radical (unpaired) electrons. The van der Waals surface area contributed by atoms with Crippen molar-refractivity contribution in [3.05, 3.63) is 0 Å². The summed E-state index contributed by atoms with van der Waals surface area (Å²) in [5, 5.41) is 0. The molecule has 0 bridgehead atoms. The summed E-state index contributed by atoms with van der Waals surface area (Å²) in [5.41, 5.74) is 0. The van der Waals surface area contributed by atoms with Gasteiger partial charge in [-0.1, -0.05) is 0 Å². The summed E-state index contributed by atoms with van der Waals surface area (Å²) >= 11 is 0. The van der Waals surface area contributed by atoms with Crippen LogP contribution in [0.5, 0.6) is 0 Å². The molecule has 17 heavy (non-hydrogen) atoms. The summed E-state index contributed by atoms with van der Waals surface area (Å²) in [4.78, 5) is 20.1. The molecule has 0 aliphatic carbocycles. The summed E-state index contributed by atoms with van der Waals surface area (Å²) < 4.78 is 35.1. The van der Waals surface area contributed by atoms with Gasteiger partial charge >= 0.3 is 37.7 Å². The Morgan fingerprint density at radius 3 is 1.24 bits per heavy atom. The van der Waals surface area contributed by atoms with Gasteiger partial charge in [0.15, 0.2) is 0 Å². The number of phosphoric ester groups is 2. The van der Waals surface area contributed by atoms with Crippen molar-refractivity contribution in [2.45, 2.75) is 13.8 Å². The van der Waals surface area contributed by atoms with Crippen molar-refractivity contribution < 1.29 is 37.2 Å². The maximum atomic E-state index is 10.1. The maximum Gasteiger partial charge on any atom is 2.00 e. The van der Waals surface area contributed by atoms with Crippen LogP contribution in [-0.4, -0.2) is 51.0 Å². The first-order valence-electron chi connectivity index (χ1n) is 3.92.